The summed E-state index contributed by atoms with van der Waals surface area (Å²) in [5.74, 6) is 0. The Morgan fingerprint density at radius 1 is 1.30 bits per heavy atom. The zero-order chi connectivity index (χ0) is 16.0. The first-order valence-electron chi connectivity index (χ1n) is 6.97. The van der Waals surface area contributed by atoms with Crippen LogP contribution in [0.25, 0.3) is 10.8 Å². The van der Waals surface area contributed by atoms with Gasteiger partial charge in [-0.1, -0.05) is 6.07 Å². The zero-order valence-corrected chi connectivity index (χ0v) is 14.3. The van der Waals surface area contributed by atoms with Crippen LogP contribution in [0.15, 0.2) is 41.6 Å². The maximum absolute atomic E-state index is 12.4. The molecule has 0 saturated carbocycles. The number of nitrogens with one attached hydrogen (secondary N) is 2. The fourth-order valence-corrected chi connectivity index (χ4v) is 3.34. The predicted octanol–water partition coefficient (Wildman–Crippen LogP) is 1.83. The molecule has 0 amide bonds. The number of nitrogens with zero attached hydrogens (tertiary/aromatic N) is 2. The molecule has 0 saturated heterocycles. The number of nitriles is 1. The fourth-order valence-electron chi connectivity index (χ4n) is 2.07. The van der Waals surface area contributed by atoms with Crippen LogP contribution < -0.4 is 10.0 Å². The Bertz CT molecular complexity index is 789. The molecule has 0 radical (unpaired) electrons. The van der Waals surface area contributed by atoms with Gasteiger partial charge in [-0.25, -0.2) is 13.1 Å². The molecule has 8 heteroatoms. The summed E-state index contributed by atoms with van der Waals surface area (Å²) in [5.41, 5.74) is 0. The van der Waals surface area contributed by atoms with E-state index in [0.717, 1.165) is 10.8 Å². The van der Waals surface area contributed by atoms with Gasteiger partial charge in [0.05, 0.1) is 11.0 Å². The third kappa shape index (κ3) is 5.44. The number of pyridine rings is 1. The average molecular weight is 355 g/mol. The molecule has 1 heterocycles. The van der Waals surface area contributed by atoms with E-state index in [1.54, 1.807) is 43.6 Å². The second-order valence-corrected chi connectivity index (χ2v) is 6.73. The zero-order valence-electron chi connectivity index (χ0n) is 12.7. The van der Waals surface area contributed by atoms with E-state index in [4.69, 9.17) is 5.26 Å². The Hall–Kier alpha value is -1.72. The molecule has 0 aliphatic heterocycles. The van der Waals surface area contributed by atoms with E-state index < -0.39 is 10.0 Å². The number of rotatable bonds is 7. The van der Waals surface area contributed by atoms with Gasteiger partial charge in [0.2, 0.25) is 10.0 Å². The van der Waals surface area contributed by atoms with Crippen molar-refractivity contribution in [2.45, 2.75) is 24.3 Å². The molecule has 23 heavy (non-hydrogen) atoms. The second-order valence-electron chi connectivity index (χ2n) is 5.02. The lowest BCUT2D eigenvalue weighted by atomic mass is 10.2. The summed E-state index contributed by atoms with van der Waals surface area (Å²) in [4.78, 5) is 4.24. The minimum absolute atomic E-state index is 0. The highest BCUT2D eigenvalue weighted by atomic mass is 35.5. The number of hydrogen-bond donors (Lipinski definition) is 2. The molecule has 0 bridgehead atoms. The van der Waals surface area contributed by atoms with Crippen molar-refractivity contribution < 1.29 is 8.42 Å². The van der Waals surface area contributed by atoms with Crippen LogP contribution in [-0.2, 0) is 10.0 Å². The van der Waals surface area contributed by atoms with Crippen molar-refractivity contribution >= 4 is 33.2 Å². The number of benzene rings is 1. The summed E-state index contributed by atoms with van der Waals surface area (Å²) in [6.45, 7) is 2.80. The van der Waals surface area contributed by atoms with Crippen molar-refractivity contribution in [1.82, 2.24) is 15.0 Å². The lowest BCUT2D eigenvalue weighted by Gasteiger charge is -2.15. The Balaban J connectivity index is 0.00000264. The van der Waals surface area contributed by atoms with Gasteiger partial charge in [0.1, 0.15) is 0 Å². The molecule has 2 N–H and O–H groups in total. The van der Waals surface area contributed by atoms with Gasteiger partial charge < -0.3 is 5.32 Å². The Labute approximate surface area is 142 Å². The van der Waals surface area contributed by atoms with Crippen molar-refractivity contribution in [1.29, 1.82) is 5.26 Å². The van der Waals surface area contributed by atoms with Crippen LogP contribution in [-0.4, -0.2) is 32.5 Å². The Kier molecular flexibility index (Phi) is 7.39. The van der Waals surface area contributed by atoms with Gasteiger partial charge in [-0.2, -0.15) is 5.26 Å². The van der Waals surface area contributed by atoms with E-state index in [2.05, 4.69) is 15.0 Å². The van der Waals surface area contributed by atoms with Gasteiger partial charge in [0.25, 0.3) is 0 Å². The van der Waals surface area contributed by atoms with Crippen LogP contribution in [0.4, 0.5) is 0 Å². The number of aromatic nitrogens is 1. The highest BCUT2D eigenvalue weighted by molar-refractivity contribution is 7.89. The molecule has 0 unspecified atom stereocenters. The van der Waals surface area contributed by atoms with Crippen molar-refractivity contribution in [3.8, 4) is 6.07 Å². The van der Waals surface area contributed by atoms with Crippen LogP contribution >= 0.6 is 12.4 Å². The van der Waals surface area contributed by atoms with E-state index >= 15 is 0 Å². The molecule has 1 atom stereocenters. The molecular weight excluding hydrogens is 336 g/mol. The van der Waals surface area contributed by atoms with Crippen LogP contribution in [0.5, 0.6) is 0 Å². The monoisotopic (exact) mass is 354 g/mol. The average Bonchev–Trinajstić information content (AvgIpc) is 2.50. The van der Waals surface area contributed by atoms with Crippen LogP contribution in [0, 0.1) is 11.3 Å². The molecule has 124 valence electrons. The first-order chi connectivity index (χ1) is 10.5. The maximum atomic E-state index is 12.4. The van der Waals surface area contributed by atoms with Crippen molar-refractivity contribution in [2.24, 2.45) is 0 Å². The molecule has 2 rings (SSSR count). The number of sulfonamides is 1. The maximum Gasteiger partial charge on any atom is 0.240 e. The standard InChI is InChI=1S/C15H18N4O2S.ClH/c1-12(10-17-7-2-6-16)19-22(20,21)15-4-3-14-11-18-8-5-13(14)9-15;/h3-5,8-9,11-12,17,19H,2,7,10H2,1H3;1H/t12-;/m1./s1. The van der Waals surface area contributed by atoms with E-state index in [1.165, 1.54) is 0 Å². The normalized spacial score (nSPS) is 12.3. The minimum atomic E-state index is -3.57. The van der Waals surface area contributed by atoms with Gasteiger partial charge in [-0.3, -0.25) is 4.98 Å². The molecule has 0 spiro atoms. The lowest BCUT2D eigenvalue weighted by molar-refractivity contribution is 0.539. The molecule has 1 aromatic heterocycles. The molecule has 0 fully saturated rings. The summed E-state index contributed by atoms with van der Waals surface area (Å²) < 4.78 is 27.4. The van der Waals surface area contributed by atoms with Crippen molar-refractivity contribution in [2.75, 3.05) is 13.1 Å². The number of fused-ring (bicyclic) bond motifs is 1. The summed E-state index contributed by atoms with van der Waals surface area (Å²) in [6, 6.07) is 8.49. The molecular formula is C15H19ClN4O2S. The second kappa shape index (κ2) is 8.79. The molecule has 0 aliphatic carbocycles. The van der Waals surface area contributed by atoms with E-state index in [1.807, 2.05) is 6.07 Å². The molecule has 6 nitrogen and oxygen atoms in total. The van der Waals surface area contributed by atoms with Crippen molar-refractivity contribution in [3.05, 3.63) is 36.7 Å². The van der Waals surface area contributed by atoms with E-state index in [0.29, 0.717) is 19.5 Å². The van der Waals surface area contributed by atoms with Crippen LogP contribution in [0.1, 0.15) is 13.3 Å². The van der Waals surface area contributed by atoms with Crippen LogP contribution in [0.3, 0.4) is 0 Å². The molecule has 0 aliphatic rings. The molecule has 2 aromatic rings. The Morgan fingerprint density at radius 2 is 2.09 bits per heavy atom. The first-order valence-corrected chi connectivity index (χ1v) is 8.45. The largest absolute Gasteiger partial charge is 0.314 e. The van der Waals surface area contributed by atoms with Gasteiger partial charge in [0, 0.05) is 43.3 Å². The fraction of sp³-hybridized carbons (Fsp3) is 0.333. The third-order valence-corrected chi connectivity index (χ3v) is 4.73. The number of halogens is 1. The van der Waals surface area contributed by atoms with E-state index in [9.17, 15) is 8.42 Å². The van der Waals surface area contributed by atoms with Gasteiger partial charge in [0.15, 0.2) is 0 Å². The summed E-state index contributed by atoms with van der Waals surface area (Å²) in [7, 11) is -3.57. The van der Waals surface area contributed by atoms with E-state index in [-0.39, 0.29) is 23.3 Å². The molecule has 1 aromatic carbocycles. The predicted molar refractivity (Wildman–Crippen MR) is 91.9 cm³/mol. The summed E-state index contributed by atoms with van der Waals surface area (Å²) >= 11 is 0. The highest BCUT2D eigenvalue weighted by Gasteiger charge is 2.17. The third-order valence-electron chi connectivity index (χ3n) is 3.14. The smallest absolute Gasteiger partial charge is 0.240 e. The lowest BCUT2D eigenvalue weighted by Crippen LogP contribution is -2.40. The number of hydrogen-bond acceptors (Lipinski definition) is 5. The van der Waals surface area contributed by atoms with Gasteiger partial charge >= 0.3 is 0 Å². The minimum Gasteiger partial charge on any atom is -0.314 e. The summed E-state index contributed by atoms with van der Waals surface area (Å²) in [6.07, 6.45) is 3.73. The van der Waals surface area contributed by atoms with Crippen LogP contribution in [0.2, 0.25) is 0 Å². The Morgan fingerprint density at radius 3 is 2.83 bits per heavy atom. The SMILES string of the molecule is C[C@H](CNCCC#N)NS(=O)(=O)c1ccc2cnccc2c1.Cl. The van der Waals surface area contributed by atoms with Crippen molar-refractivity contribution in [3.63, 3.8) is 0 Å². The first kappa shape index (κ1) is 19.3. The van der Waals surface area contributed by atoms with Gasteiger partial charge in [-0.15, -0.1) is 12.4 Å². The topological polar surface area (TPSA) is 94.9 Å². The highest BCUT2D eigenvalue weighted by Crippen LogP contribution is 2.18. The summed E-state index contributed by atoms with van der Waals surface area (Å²) in [5, 5.41) is 13.2. The van der Waals surface area contributed by atoms with Gasteiger partial charge in [-0.05, 0) is 30.5 Å². The quantitative estimate of drug-likeness (QED) is 0.739.